The summed E-state index contributed by atoms with van der Waals surface area (Å²) in [5.74, 6) is -2.52. The summed E-state index contributed by atoms with van der Waals surface area (Å²) in [7, 11) is 0. The summed E-state index contributed by atoms with van der Waals surface area (Å²) in [6.07, 6.45) is -3.36. The minimum Gasteiger partial charge on any atom is -0.449 e. The lowest BCUT2D eigenvalue weighted by molar-refractivity contribution is -0.190. The van der Waals surface area contributed by atoms with Crippen molar-refractivity contribution in [3.63, 3.8) is 0 Å². The van der Waals surface area contributed by atoms with Gasteiger partial charge in [-0.2, -0.15) is 13.2 Å². The van der Waals surface area contributed by atoms with E-state index in [9.17, 15) is 22.8 Å². The Balaban J connectivity index is 2.21. The molecule has 0 N–H and O–H groups in total. The molecule has 1 aromatic rings. The molecule has 2 atom stereocenters. The Bertz CT molecular complexity index is 646. The van der Waals surface area contributed by atoms with Crippen LogP contribution >= 0.6 is 23.2 Å². The van der Waals surface area contributed by atoms with E-state index in [4.69, 9.17) is 23.2 Å². The molecule has 25 heavy (non-hydrogen) atoms. The van der Waals surface area contributed by atoms with Crippen molar-refractivity contribution in [1.82, 2.24) is 4.90 Å². The standard InChI is InChI=1S/C16H16Cl2F3NO3/c1-9-2-3-13(10-4-11(17)6-12(18)5-10)22(7-9)14(23)15(24)25-8-16(19,20)21/h4-6,9,13H,2-3,7-8H2,1H3. The van der Waals surface area contributed by atoms with Crippen LogP contribution < -0.4 is 0 Å². The van der Waals surface area contributed by atoms with Crippen molar-refractivity contribution < 1.29 is 27.5 Å². The van der Waals surface area contributed by atoms with Crippen LogP contribution in [-0.4, -0.2) is 36.1 Å². The molecule has 1 saturated heterocycles. The van der Waals surface area contributed by atoms with Gasteiger partial charge < -0.3 is 9.64 Å². The Kier molecular flexibility index (Phi) is 6.21. The third-order valence-corrected chi connectivity index (χ3v) is 4.33. The highest BCUT2D eigenvalue weighted by molar-refractivity contribution is 6.34. The summed E-state index contributed by atoms with van der Waals surface area (Å²) in [5, 5.41) is 0.737. The van der Waals surface area contributed by atoms with Gasteiger partial charge in [0, 0.05) is 16.6 Å². The van der Waals surface area contributed by atoms with E-state index in [0.717, 1.165) is 6.42 Å². The van der Waals surface area contributed by atoms with Gasteiger partial charge in [0.25, 0.3) is 0 Å². The summed E-state index contributed by atoms with van der Waals surface area (Å²) < 4.78 is 40.6. The Labute approximate surface area is 152 Å². The second-order valence-corrected chi connectivity index (χ2v) is 6.92. The number of carbonyl (C=O) groups is 2. The Morgan fingerprint density at radius 3 is 2.36 bits per heavy atom. The normalized spacial score (nSPS) is 21.1. The number of likely N-dealkylation sites (tertiary alicyclic amines) is 1. The second-order valence-electron chi connectivity index (χ2n) is 6.05. The molecular weight excluding hydrogens is 382 g/mol. The molecule has 1 aliphatic heterocycles. The first-order valence-electron chi connectivity index (χ1n) is 7.57. The molecule has 0 aromatic heterocycles. The maximum Gasteiger partial charge on any atom is 0.422 e. The molecule has 1 heterocycles. The predicted octanol–water partition coefficient (Wildman–Crippen LogP) is 4.40. The maximum atomic E-state index is 12.3. The first-order chi connectivity index (χ1) is 11.6. The lowest BCUT2D eigenvalue weighted by atomic mass is 9.90. The number of nitrogens with zero attached hydrogens (tertiary/aromatic N) is 1. The number of rotatable bonds is 2. The molecule has 1 amide bonds. The molecule has 9 heteroatoms. The monoisotopic (exact) mass is 397 g/mol. The number of hydrogen-bond donors (Lipinski definition) is 0. The molecule has 0 saturated carbocycles. The van der Waals surface area contributed by atoms with E-state index in [0.29, 0.717) is 22.0 Å². The maximum absolute atomic E-state index is 12.3. The lowest BCUT2D eigenvalue weighted by Crippen LogP contribution is -2.45. The minimum absolute atomic E-state index is 0.102. The van der Waals surface area contributed by atoms with Gasteiger partial charge in [-0.3, -0.25) is 4.79 Å². The Morgan fingerprint density at radius 1 is 1.20 bits per heavy atom. The molecule has 1 aromatic carbocycles. The molecule has 0 spiro atoms. The number of esters is 1. The first-order valence-corrected chi connectivity index (χ1v) is 8.33. The van der Waals surface area contributed by atoms with E-state index >= 15 is 0 Å². The zero-order valence-electron chi connectivity index (χ0n) is 13.3. The van der Waals surface area contributed by atoms with E-state index in [1.807, 2.05) is 6.92 Å². The number of halogens is 5. The summed E-state index contributed by atoms with van der Waals surface area (Å²) in [6.45, 7) is 0.325. The van der Waals surface area contributed by atoms with Crippen LogP contribution in [0.25, 0.3) is 0 Å². The zero-order chi connectivity index (χ0) is 18.8. The molecular formula is C16H16Cl2F3NO3. The number of alkyl halides is 3. The van der Waals surface area contributed by atoms with Crippen molar-refractivity contribution in [2.75, 3.05) is 13.2 Å². The van der Waals surface area contributed by atoms with Crippen molar-refractivity contribution >= 4 is 35.1 Å². The summed E-state index contributed by atoms with van der Waals surface area (Å²) in [4.78, 5) is 25.3. The van der Waals surface area contributed by atoms with Crippen molar-refractivity contribution in [3.05, 3.63) is 33.8 Å². The zero-order valence-corrected chi connectivity index (χ0v) is 14.8. The van der Waals surface area contributed by atoms with Crippen LogP contribution in [0.4, 0.5) is 13.2 Å². The van der Waals surface area contributed by atoms with Gasteiger partial charge in [0.1, 0.15) is 0 Å². The number of piperidine rings is 1. The molecule has 4 nitrogen and oxygen atoms in total. The largest absolute Gasteiger partial charge is 0.449 e. The van der Waals surface area contributed by atoms with Crippen LogP contribution in [-0.2, 0) is 14.3 Å². The predicted molar refractivity (Wildman–Crippen MR) is 86.3 cm³/mol. The van der Waals surface area contributed by atoms with Gasteiger partial charge in [0.15, 0.2) is 6.61 Å². The minimum atomic E-state index is -4.69. The number of carbonyl (C=O) groups excluding carboxylic acids is 2. The molecule has 0 bridgehead atoms. The summed E-state index contributed by atoms with van der Waals surface area (Å²) in [5.41, 5.74) is 0.626. The van der Waals surface area contributed by atoms with E-state index < -0.39 is 30.7 Å². The average molecular weight is 398 g/mol. The molecule has 1 fully saturated rings. The van der Waals surface area contributed by atoms with Crippen LogP contribution in [0.3, 0.4) is 0 Å². The van der Waals surface area contributed by atoms with Gasteiger partial charge in [-0.25, -0.2) is 4.79 Å². The van der Waals surface area contributed by atoms with E-state index in [1.165, 1.54) is 11.0 Å². The molecule has 0 radical (unpaired) electrons. The third kappa shape index (κ3) is 5.51. The SMILES string of the molecule is CC1CCC(c2cc(Cl)cc(Cl)c2)N(C(=O)C(=O)OCC(F)(F)F)C1. The third-order valence-electron chi connectivity index (χ3n) is 3.89. The average Bonchev–Trinajstić information content (AvgIpc) is 2.50. The Hall–Kier alpha value is -1.47. The van der Waals surface area contributed by atoms with Crippen LogP contribution in [0, 0.1) is 5.92 Å². The number of hydrogen-bond acceptors (Lipinski definition) is 3. The fourth-order valence-electron chi connectivity index (χ4n) is 2.82. The van der Waals surface area contributed by atoms with Crippen molar-refractivity contribution in [1.29, 1.82) is 0 Å². The fraction of sp³-hybridized carbons (Fsp3) is 0.500. The lowest BCUT2D eigenvalue weighted by Gasteiger charge is -2.38. The van der Waals surface area contributed by atoms with Gasteiger partial charge in [-0.15, -0.1) is 0 Å². The highest BCUT2D eigenvalue weighted by atomic mass is 35.5. The van der Waals surface area contributed by atoms with E-state index in [1.54, 1.807) is 12.1 Å². The first kappa shape index (κ1) is 19.8. The summed E-state index contributed by atoms with van der Waals surface area (Å²) in [6, 6.07) is 4.27. The number of benzene rings is 1. The fourth-order valence-corrected chi connectivity index (χ4v) is 3.36. The van der Waals surface area contributed by atoms with E-state index in [2.05, 4.69) is 4.74 Å². The van der Waals surface area contributed by atoms with Crippen molar-refractivity contribution in [2.45, 2.75) is 32.0 Å². The van der Waals surface area contributed by atoms with Crippen molar-refractivity contribution in [2.24, 2.45) is 5.92 Å². The molecule has 1 aliphatic rings. The van der Waals surface area contributed by atoms with Gasteiger partial charge >= 0.3 is 18.1 Å². The van der Waals surface area contributed by atoms with Crippen LogP contribution in [0.2, 0.25) is 10.0 Å². The molecule has 2 rings (SSSR count). The van der Waals surface area contributed by atoms with Crippen LogP contribution in [0.5, 0.6) is 0 Å². The summed E-state index contributed by atoms with van der Waals surface area (Å²) >= 11 is 12.0. The quantitative estimate of drug-likeness (QED) is 0.548. The van der Waals surface area contributed by atoms with Gasteiger partial charge in [0.2, 0.25) is 0 Å². The van der Waals surface area contributed by atoms with E-state index in [-0.39, 0.29) is 12.5 Å². The topological polar surface area (TPSA) is 46.6 Å². The highest BCUT2D eigenvalue weighted by Gasteiger charge is 2.37. The smallest absolute Gasteiger partial charge is 0.422 e. The van der Waals surface area contributed by atoms with Crippen LogP contribution in [0.15, 0.2) is 18.2 Å². The molecule has 0 aliphatic carbocycles. The van der Waals surface area contributed by atoms with Crippen molar-refractivity contribution in [3.8, 4) is 0 Å². The second kappa shape index (κ2) is 7.83. The van der Waals surface area contributed by atoms with Gasteiger partial charge in [0.05, 0.1) is 6.04 Å². The number of ether oxygens (including phenoxy) is 1. The molecule has 2 unspecified atom stereocenters. The Morgan fingerprint density at radius 2 is 1.80 bits per heavy atom. The van der Waals surface area contributed by atoms with Crippen LogP contribution in [0.1, 0.15) is 31.4 Å². The number of amides is 1. The van der Waals surface area contributed by atoms with Gasteiger partial charge in [-0.1, -0.05) is 30.1 Å². The van der Waals surface area contributed by atoms with Gasteiger partial charge in [-0.05, 0) is 42.5 Å². The molecule has 138 valence electrons. The highest BCUT2D eigenvalue weighted by Crippen LogP contribution is 2.35.